The van der Waals surface area contributed by atoms with Gasteiger partial charge in [0.1, 0.15) is 11.7 Å². The quantitative estimate of drug-likeness (QED) is 0.406. The molecule has 7 heteroatoms. The molecule has 0 aliphatic carbocycles. The molecule has 28 heavy (non-hydrogen) atoms. The molecule has 0 radical (unpaired) electrons. The number of hydrogen-bond acceptors (Lipinski definition) is 5. The highest BCUT2D eigenvalue weighted by atomic mass is 19.1. The molecule has 0 aromatic heterocycles. The number of nitrogens with zero attached hydrogens (tertiary/aromatic N) is 2. The summed E-state index contributed by atoms with van der Waals surface area (Å²) in [5.74, 6) is -0.642. The number of amides is 1. The first kappa shape index (κ1) is 19.7. The van der Waals surface area contributed by atoms with Crippen molar-refractivity contribution in [3.63, 3.8) is 0 Å². The lowest BCUT2D eigenvalue weighted by Crippen LogP contribution is -2.38. The molecule has 2 aromatic carbocycles. The largest absolute Gasteiger partial charge is 0.369 e. The zero-order valence-electron chi connectivity index (χ0n) is 15.5. The van der Waals surface area contributed by atoms with Gasteiger partial charge in [0.25, 0.3) is 5.91 Å². The summed E-state index contributed by atoms with van der Waals surface area (Å²) in [6, 6.07) is 12.7. The minimum Gasteiger partial charge on any atom is -0.369 e. The van der Waals surface area contributed by atoms with Gasteiger partial charge in [-0.05, 0) is 24.1 Å². The van der Waals surface area contributed by atoms with Crippen LogP contribution in [-0.2, 0) is 11.2 Å². The van der Waals surface area contributed by atoms with E-state index >= 15 is 0 Å². The van der Waals surface area contributed by atoms with E-state index in [2.05, 4.69) is 4.99 Å². The zero-order valence-corrected chi connectivity index (χ0v) is 15.5. The first-order chi connectivity index (χ1) is 13.5. The minimum absolute atomic E-state index is 0.125. The maximum atomic E-state index is 14.3. The average Bonchev–Trinajstić information content (AvgIpc) is 2.72. The van der Waals surface area contributed by atoms with Crippen LogP contribution in [0.3, 0.4) is 0 Å². The van der Waals surface area contributed by atoms with Crippen LogP contribution < -0.4 is 5.48 Å². The molecule has 1 heterocycles. The Balaban J connectivity index is 1.89. The number of rotatable bonds is 6. The normalized spacial score (nSPS) is 16.1. The van der Waals surface area contributed by atoms with E-state index in [0.29, 0.717) is 30.1 Å². The van der Waals surface area contributed by atoms with Gasteiger partial charge in [-0.1, -0.05) is 37.3 Å². The number of halogens is 1. The van der Waals surface area contributed by atoms with Crippen molar-refractivity contribution in [3.8, 4) is 0 Å². The van der Waals surface area contributed by atoms with E-state index in [1.807, 2.05) is 37.3 Å². The van der Waals surface area contributed by atoms with Gasteiger partial charge in [-0.2, -0.15) is 0 Å². The smallest absolute Gasteiger partial charge is 0.267 e. The standard InChI is InChI=1S/C21H22FN3O3/c1-2-19-23-18-13-17(22)15(8-9-20(26)24-28)12-16(18)21(27)25(19)11-10-14-6-4-3-5-7-14/h3-9,12-13,21,27-28H,2,10-11H2,1H3,(H,24,26)/b9-8+. The molecular weight excluding hydrogens is 361 g/mol. The fraction of sp³-hybridized carbons (Fsp3) is 0.238. The number of aliphatic imine (C=N–C) groups is 1. The highest BCUT2D eigenvalue weighted by molar-refractivity contribution is 5.91. The van der Waals surface area contributed by atoms with Crippen molar-refractivity contribution in [2.45, 2.75) is 26.0 Å². The number of nitrogens with one attached hydrogen (secondary N) is 1. The van der Waals surface area contributed by atoms with Gasteiger partial charge in [0.05, 0.1) is 5.69 Å². The molecule has 3 N–H and O–H groups in total. The van der Waals surface area contributed by atoms with Gasteiger partial charge >= 0.3 is 0 Å². The van der Waals surface area contributed by atoms with Crippen LogP contribution in [0.1, 0.15) is 36.3 Å². The Bertz CT molecular complexity index is 913. The van der Waals surface area contributed by atoms with E-state index in [0.717, 1.165) is 18.1 Å². The molecule has 3 rings (SSSR count). The molecule has 0 saturated heterocycles. The van der Waals surface area contributed by atoms with Crippen LogP contribution in [0.2, 0.25) is 0 Å². The van der Waals surface area contributed by atoms with Gasteiger partial charge in [0.15, 0.2) is 6.23 Å². The third-order valence-electron chi connectivity index (χ3n) is 4.63. The number of aliphatic hydroxyl groups excluding tert-OH is 1. The summed E-state index contributed by atoms with van der Waals surface area (Å²) in [5, 5.41) is 19.5. The summed E-state index contributed by atoms with van der Waals surface area (Å²) < 4.78 is 14.3. The Morgan fingerprint density at radius 3 is 2.75 bits per heavy atom. The Hall–Kier alpha value is -3.03. The van der Waals surface area contributed by atoms with Gasteiger partial charge in [0.2, 0.25) is 0 Å². The molecule has 1 atom stereocenters. The molecule has 146 valence electrons. The molecular formula is C21H22FN3O3. The molecule has 2 aromatic rings. The van der Waals surface area contributed by atoms with E-state index in [1.165, 1.54) is 23.7 Å². The molecule has 0 bridgehead atoms. The third-order valence-corrected chi connectivity index (χ3v) is 4.63. The van der Waals surface area contributed by atoms with Crippen LogP contribution >= 0.6 is 0 Å². The molecule has 0 saturated carbocycles. The topological polar surface area (TPSA) is 85.2 Å². The maximum absolute atomic E-state index is 14.3. The lowest BCUT2D eigenvalue weighted by atomic mass is 10.0. The van der Waals surface area contributed by atoms with Crippen molar-refractivity contribution >= 4 is 23.5 Å². The number of benzene rings is 2. The molecule has 1 unspecified atom stereocenters. The number of hydroxylamine groups is 1. The molecule has 6 nitrogen and oxygen atoms in total. The number of carbonyl (C=O) groups is 1. The number of fused-ring (bicyclic) bond motifs is 1. The van der Waals surface area contributed by atoms with Crippen molar-refractivity contribution < 1.29 is 19.5 Å². The first-order valence-corrected chi connectivity index (χ1v) is 9.05. The average molecular weight is 383 g/mol. The Kier molecular flexibility index (Phi) is 6.18. The van der Waals surface area contributed by atoms with Crippen LogP contribution in [0.5, 0.6) is 0 Å². The van der Waals surface area contributed by atoms with Crippen molar-refractivity contribution in [3.05, 3.63) is 71.0 Å². The Morgan fingerprint density at radius 2 is 2.07 bits per heavy atom. The molecule has 0 spiro atoms. The molecule has 1 aliphatic heterocycles. The van der Waals surface area contributed by atoms with Crippen molar-refractivity contribution in [2.24, 2.45) is 4.99 Å². The zero-order chi connectivity index (χ0) is 20.1. The number of amidine groups is 1. The van der Waals surface area contributed by atoms with E-state index in [1.54, 1.807) is 4.90 Å². The van der Waals surface area contributed by atoms with Crippen molar-refractivity contribution in [2.75, 3.05) is 6.54 Å². The molecule has 1 amide bonds. The summed E-state index contributed by atoms with van der Waals surface area (Å²) in [7, 11) is 0. The number of carbonyl (C=O) groups excluding carboxylic acids is 1. The summed E-state index contributed by atoms with van der Waals surface area (Å²) in [6.07, 6.45) is 2.61. The second-order valence-electron chi connectivity index (χ2n) is 6.43. The summed E-state index contributed by atoms with van der Waals surface area (Å²) >= 11 is 0. The van der Waals surface area contributed by atoms with Gasteiger partial charge in [0, 0.05) is 36.2 Å². The Morgan fingerprint density at radius 1 is 1.32 bits per heavy atom. The van der Waals surface area contributed by atoms with Crippen LogP contribution in [-0.4, -0.2) is 33.5 Å². The number of aliphatic hydroxyl groups is 1. The third kappa shape index (κ3) is 4.27. The van der Waals surface area contributed by atoms with Gasteiger partial charge < -0.3 is 10.0 Å². The van der Waals surface area contributed by atoms with Gasteiger partial charge in [-0.3, -0.25) is 10.0 Å². The van der Waals surface area contributed by atoms with Crippen molar-refractivity contribution in [1.29, 1.82) is 0 Å². The van der Waals surface area contributed by atoms with Crippen LogP contribution in [0.15, 0.2) is 53.5 Å². The summed E-state index contributed by atoms with van der Waals surface area (Å²) in [4.78, 5) is 17.5. The summed E-state index contributed by atoms with van der Waals surface area (Å²) in [5.41, 5.74) is 3.57. The minimum atomic E-state index is -0.967. The van der Waals surface area contributed by atoms with E-state index in [-0.39, 0.29) is 5.56 Å². The van der Waals surface area contributed by atoms with Crippen molar-refractivity contribution in [1.82, 2.24) is 10.4 Å². The van der Waals surface area contributed by atoms with E-state index in [9.17, 15) is 14.3 Å². The fourth-order valence-corrected chi connectivity index (χ4v) is 3.17. The van der Waals surface area contributed by atoms with Gasteiger partial charge in [-0.25, -0.2) is 14.9 Å². The van der Waals surface area contributed by atoms with E-state index in [4.69, 9.17) is 5.21 Å². The molecule has 1 aliphatic rings. The first-order valence-electron chi connectivity index (χ1n) is 9.05. The predicted molar refractivity (Wildman–Crippen MR) is 105 cm³/mol. The molecule has 0 fully saturated rings. The fourth-order valence-electron chi connectivity index (χ4n) is 3.17. The van der Waals surface area contributed by atoms with E-state index < -0.39 is 18.0 Å². The highest BCUT2D eigenvalue weighted by Gasteiger charge is 2.28. The van der Waals surface area contributed by atoms with Crippen LogP contribution in [0.4, 0.5) is 10.1 Å². The highest BCUT2D eigenvalue weighted by Crippen LogP contribution is 2.36. The summed E-state index contributed by atoms with van der Waals surface area (Å²) in [6.45, 7) is 2.50. The van der Waals surface area contributed by atoms with Crippen LogP contribution in [0, 0.1) is 5.82 Å². The lowest BCUT2D eigenvalue weighted by molar-refractivity contribution is -0.124. The van der Waals surface area contributed by atoms with Gasteiger partial charge in [-0.15, -0.1) is 0 Å². The lowest BCUT2D eigenvalue weighted by Gasteiger charge is -2.35. The Labute approximate surface area is 162 Å². The second-order valence-corrected chi connectivity index (χ2v) is 6.43. The van der Waals surface area contributed by atoms with Crippen LogP contribution in [0.25, 0.3) is 6.08 Å². The number of hydrogen-bond donors (Lipinski definition) is 3. The second kappa shape index (κ2) is 8.77. The monoisotopic (exact) mass is 383 g/mol. The predicted octanol–water partition coefficient (Wildman–Crippen LogP) is 3.33. The maximum Gasteiger partial charge on any atom is 0.267 e. The SMILES string of the molecule is CCC1=Nc2cc(F)c(/C=C/C(=O)NO)cc2C(O)N1CCc1ccccc1.